The molecule has 92 valence electrons. The van der Waals surface area contributed by atoms with Crippen LogP contribution in [0.4, 0.5) is 0 Å². The molecule has 0 saturated heterocycles. The standard InChI is InChI=1S/C11H19NO3S/c1-16-7-9(11(14)15)12-10(13)8-5-3-2-4-6-8/h8-9H,2-7H2,1H3,(H,12,13)(H,14,15). The van der Waals surface area contributed by atoms with Crippen LogP contribution in [0.5, 0.6) is 0 Å². The molecule has 16 heavy (non-hydrogen) atoms. The van der Waals surface area contributed by atoms with Crippen LogP contribution >= 0.6 is 11.8 Å². The third-order valence-electron chi connectivity index (χ3n) is 2.92. The minimum absolute atomic E-state index is 0.0254. The maximum absolute atomic E-state index is 11.8. The molecule has 1 rings (SSSR count). The van der Waals surface area contributed by atoms with Crippen molar-refractivity contribution in [3.8, 4) is 0 Å². The topological polar surface area (TPSA) is 66.4 Å². The summed E-state index contributed by atoms with van der Waals surface area (Å²) >= 11 is 1.43. The van der Waals surface area contributed by atoms with Gasteiger partial charge in [0, 0.05) is 11.7 Å². The average molecular weight is 245 g/mol. The lowest BCUT2D eigenvalue weighted by Gasteiger charge is -2.22. The number of aliphatic carboxylic acids is 1. The van der Waals surface area contributed by atoms with Crippen LogP contribution in [-0.2, 0) is 9.59 Å². The highest BCUT2D eigenvalue weighted by molar-refractivity contribution is 7.98. The summed E-state index contributed by atoms with van der Waals surface area (Å²) in [6.45, 7) is 0. The molecule has 1 unspecified atom stereocenters. The summed E-state index contributed by atoms with van der Waals surface area (Å²) in [5, 5.41) is 11.6. The van der Waals surface area contributed by atoms with E-state index < -0.39 is 12.0 Å². The summed E-state index contributed by atoms with van der Waals surface area (Å²) in [6.07, 6.45) is 6.99. The zero-order chi connectivity index (χ0) is 12.0. The van der Waals surface area contributed by atoms with E-state index in [2.05, 4.69) is 5.32 Å². The van der Waals surface area contributed by atoms with Gasteiger partial charge >= 0.3 is 5.97 Å². The summed E-state index contributed by atoms with van der Waals surface area (Å²) in [6, 6.07) is -0.746. The molecule has 1 aliphatic carbocycles. The lowest BCUT2D eigenvalue weighted by Crippen LogP contribution is -2.45. The molecule has 1 saturated carbocycles. The van der Waals surface area contributed by atoms with E-state index >= 15 is 0 Å². The first-order valence-corrected chi connectivity index (χ1v) is 7.06. The molecule has 0 radical (unpaired) electrons. The van der Waals surface area contributed by atoms with Crippen LogP contribution in [0.15, 0.2) is 0 Å². The second-order valence-corrected chi connectivity index (χ2v) is 5.10. The van der Waals surface area contributed by atoms with Gasteiger partial charge in [0.1, 0.15) is 6.04 Å². The number of carboxylic acid groups (broad SMARTS) is 1. The van der Waals surface area contributed by atoms with Crippen molar-refractivity contribution in [1.29, 1.82) is 0 Å². The average Bonchev–Trinajstić information content (AvgIpc) is 2.29. The lowest BCUT2D eigenvalue weighted by molar-refractivity contribution is -0.141. The van der Waals surface area contributed by atoms with Crippen molar-refractivity contribution in [2.75, 3.05) is 12.0 Å². The molecule has 1 atom stereocenters. The monoisotopic (exact) mass is 245 g/mol. The maximum Gasteiger partial charge on any atom is 0.327 e. The molecule has 2 N–H and O–H groups in total. The van der Waals surface area contributed by atoms with E-state index in [0.717, 1.165) is 25.7 Å². The number of carbonyl (C=O) groups is 2. The van der Waals surface area contributed by atoms with Crippen molar-refractivity contribution in [3.05, 3.63) is 0 Å². The molecule has 4 nitrogen and oxygen atoms in total. The number of nitrogens with one attached hydrogen (secondary N) is 1. The Morgan fingerprint density at radius 3 is 2.50 bits per heavy atom. The fraction of sp³-hybridized carbons (Fsp3) is 0.818. The van der Waals surface area contributed by atoms with Gasteiger partial charge < -0.3 is 10.4 Å². The maximum atomic E-state index is 11.8. The molecule has 1 fully saturated rings. The van der Waals surface area contributed by atoms with E-state index in [1.165, 1.54) is 18.2 Å². The Morgan fingerprint density at radius 2 is 2.00 bits per heavy atom. The predicted octanol–water partition coefficient (Wildman–Crippen LogP) is 1.50. The van der Waals surface area contributed by atoms with Crippen molar-refractivity contribution in [3.63, 3.8) is 0 Å². The zero-order valence-corrected chi connectivity index (χ0v) is 10.4. The van der Waals surface area contributed by atoms with Crippen LogP contribution in [-0.4, -0.2) is 35.0 Å². The number of carbonyl (C=O) groups excluding carboxylic acids is 1. The molecule has 0 aromatic rings. The predicted molar refractivity (Wildman–Crippen MR) is 64.5 cm³/mol. The number of rotatable bonds is 5. The van der Waals surface area contributed by atoms with E-state index in [-0.39, 0.29) is 11.8 Å². The summed E-state index contributed by atoms with van der Waals surface area (Å²) in [7, 11) is 0. The second-order valence-electron chi connectivity index (χ2n) is 4.19. The molecule has 0 heterocycles. The molecular weight excluding hydrogens is 226 g/mol. The number of hydrogen-bond acceptors (Lipinski definition) is 3. The van der Waals surface area contributed by atoms with Crippen molar-refractivity contribution in [2.45, 2.75) is 38.1 Å². The largest absolute Gasteiger partial charge is 0.480 e. The first kappa shape index (κ1) is 13.4. The highest BCUT2D eigenvalue weighted by atomic mass is 32.2. The van der Waals surface area contributed by atoms with E-state index in [4.69, 9.17) is 5.11 Å². The third-order valence-corrected chi connectivity index (χ3v) is 3.59. The Morgan fingerprint density at radius 1 is 1.38 bits per heavy atom. The van der Waals surface area contributed by atoms with Gasteiger partial charge in [-0.15, -0.1) is 0 Å². The van der Waals surface area contributed by atoms with Crippen LogP contribution in [0.3, 0.4) is 0 Å². The van der Waals surface area contributed by atoms with Crippen molar-refractivity contribution < 1.29 is 14.7 Å². The zero-order valence-electron chi connectivity index (χ0n) is 9.57. The van der Waals surface area contributed by atoms with Gasteiger partial charge in [-0.2, -0.15) is 11.8 Å². The number of amides is 1. The number of carboxylic acids is 1. The Hall–Kier alpha value is -0.710. The van der Waals surface area contributed by atoms with E-state index in [1.807, 2.05) is 6.26 Å². The summed E-state index contributed by atoms with van der Waals surface area (Å²) in [5.74, 6) is -0.578. The van der Waals surface area contributed by atoms with Crippen LogP contribution in [0.25, 0.3) is 0 Å². The highest BCUT2D eigenvalue weighted by Crippen LogP contribution is 2.23. The van der Waals surface area contributed by atoms with E-state index in [0.29, 0.717) is 5.75 Å². The Kier molecular flexibility index (Phi) is 5.66. The fourth-order valence-electron chi connectivity index (χ4n) is 2.00. The minimum atomic E-state index is -0.946. The van der Waals surface area contributed by atoms with Crippen LogP contribution < -0.4 is 5.32 Å². The van der Waals surface area contributed by atoms with Gasteiger partial charge in [-0.3, -0.25) is 4.79 Å². The molecular formula is C11H19NO3S. The summed E-state index contributed by atoms with van der Waals surface area (Å²) in [5.41, 5.74) is 0. The molecule has 0 aromatic heterocycles. The molecule has 1 aliphatic rings. The van der Waals surface area contributed by atoms with Gasteiger partial charge in [0.05, 0.1) is 0 Å². The Balaban J connectivity index is 2.43. The first-order chi connectivity index (χ1) is 7.65. The van der Waals surface area contributed by atoms with Gasteiger partial charge in [0.15, 0.2) is 0 Å². The fourth-order valence-corrected chi connectivity index (χ4v) is 2.55. The minimum Gasteiger partial charge on any atom is -0.480 e. The Bertz CT molecular complexity index is 252. The molecule has 1 amide bonds. The van der Waals surface area contributed by atoms with Crippen LogP contribution in [0.1, 0.15) is 32.1 Å². The molecule has 5 heteroatoms. The van der Waals surface area contributed by atoms with Crippen molar-refractivity contribution >= 4 is 23.6 Å². The van der Waals surface area contributed by atoms with E-state index in [9.17, 15) is 9.59 Å². The van der Waals surface area contributed by atoms with Gasteiger partial charge in [-0.25, -0.2) is 4.79 Å². The van der Waals surface area contributed by atoms with Gasteiger partial charge in [0.25, 0.3) is 0 Å². The summed E-state index contributed by atoms with van der Waals surface area (Å²) in [4.78, 5) is 22.7. The van der Waals surface area contributed by atoms with Crippen molar-refractivity contribution in [1.82, 2.24) is 5.32 Å². The first-order valence-electron chi connectivity index (χ1n) is 5.67. The second kappa shape index (κ2) is 6.78. The number of hydrogen-bond donors (Lipinski definition) is 2. The molecule has 0 aliphatic heterocycles. The van der Waals surface area contributed by atoms with Gasteiger partial charge in [-0.1, -0.05) is 19.3 Å². The third kappa shape index (κ3) is 4.04. The Labute approximate surface area is 100 Å². The van der Waals surface area contributed by atoms with E-state index in [1.54, 1.807) is 0 Å². The van der Waals surface area contributed by atoms with Crippen LogP contribution in [0.2, 0.25) is 0 Å². The SMILES string of the molecule is CSCC(NC(=O)C1CCCCC1)C(=O)O. The lowest BCUT2D eigenvalue weighted by atomic mass is 9.88. The van der Waals surface area contributed by atoms with Crippen molar-refractivity contribution in [2.24, 2.45) is 5.92 Å². The van der Waals surface area contributed by atoms with Gasteiger partial charge in [-0.05, 0) is 19.1 Å². The normalized spacial score (nSPS) is 19.1. The highest BCUT2D eigenvalue weighted by Gasteiger charge is 2.25. The quantitative estimate of drug-likeness (QED) is 0.770. The molecule has 0 bridgehead atoms. The molecule has 0 spiro atoms. The smallest absolute Gasteiger partial charge is 0.327 e. The van der Waals surface area contributed by atoms with Gasteiger partial charge in [0.2, 0.25) is 5.91 Å². The van der Waals surface area contributed by atoms with Crippen LogP contribution in [0, 0.1) is 5.92 Å². The molecule has 0 aromatic carbocycles. The number of thioether (sulfide) groups is 1. The summed E-state index contributed by atoms with van der Waals surface area (Å²) < 4.78 is 0.